The van der Waals surface area contributed by atoms with Crippen LogP contribution in [0.25, 0.3) is 0 Å². The standard InChI is InChI=1S/C10H10Se/c1-2-3-9-11-10-7-5-4-6-8-10/h1,4-8H,3,9H2. The van der Waals surface area contributed by atoms with E-state index < -0.39 is 0 Å². The van der Waals surface area contributed by atoms with Crippen molar-refractivity contribution < 1.29 is 0 Å². The van der Waals surface area contributed by atoms with E-state index in [0.717, 1.165) is 11.7 Å². The van der Waals surface area contributed by atoms with Crippen LogP contribution in [0.2, 0.25) is 5.32 Å². The summed E-state index contributed by atoms with van der Waals surface area (Å²) in [5.41, 5.74) is 0. The average Bonchev–Trinajstić information content (AvgIpc) is 2.07. The van der Waals surface area contributed by atoms with E-state index in [9.17, 15) is 0 Å². The van der Waals surface area contributed by atoms with E-state index in [2.05, 4.69) is 30.2 Å². The molecule has 0 N–H and O–H groups in total. The molecule has 56 valence electrons. The predicted octanol–water partition coefficient (Wildman–Crippen LogP) is 1.46. The molecule has 0 aliphatic carbocycles. The normalized spacial score (nSPS) is 9.00. The number of hydrogen-bond donors (Lipinski definition) is 0. The van der Waals surface area contributed by atoms with Crippen LogP contribution in [0.5, 0.6) is 0 Å². The van der Waals surface area contributed by atoms with Gasteiger partial charge in [0.25, 0.3) is 0 Å². The summed E-state index contributed by atoms with van der Waals surface area (Å²) in [6, 6.07) is 10.5. The van der Waals surface area contributed by atoms with Gasteiger partial charge in [0.1, 0.15) is 0 Å². The van der Waals surface area contributed by atoms with Crippen molar-refractivity contribution >= 4 is 19.4 Å². The Bertz CT molecular complexity index is 233. The van der Waals surface area contributed by atoms with Crippen molar-refractivity contribution in [2.24, 2.45) is 0 Å². The molecule has 11 heavy (non-hydrogen) atoms. The van der Waals surface area contributed by atoms with Gasteiger partial charge in [0, 0.05) is 0 Å². The van der Waals surface area contributed by atoms with E-state index in [4.69, 9.17) is 6.42 Å². The Labute approximate surface area is 74.2 Å². The molecule has 1 rings (SSSR count). The van der Waals surface area contributed by atoms with Gasteiger partial charge in [-0.1, -0.05) is 0 Å². The Hall–Kier alpha value is -0.701. The zero-order valence-electron chi connectivity index (χ0n) is 6.29. The van der Waals surface area contributed by atoms with E-state index in [-0.39, 0.29) is 0 Å². The molecule has 1 heteroatoms. The molecule has 0 amide bonds. The molecule has 0 aromatic heterocycles. The third-order valence-electron chi connectivity index (χ3n) is 1.26. The molecule has 0 saturated carbocycles. The maximum absolute atomic E-state index is 5.15. The second-order valence-electron chi connectivity index (χ2n) is 2.12. The first-order chi connectivity index (χ1) is 5.43. The van der Waals surface area contributed by atoms with Crippen LogP contribution in [0.15, 0.2) is 30.3 Å². The number of hydrogen-bond acceptors (Lipinski definition) is 0. The van der Waals surface area contributed by atoms with Crippen LogP contribution in [0, 0.1) is 12.3 Å². The number of rotatable bonds is 3. The third-order valence-corrected chi connectivity index (χ3v) is 3.39. The van der Waals surface area contributed by atoms with Crippen LogP contribution < -0.4 is 4.46 Å². The second kappa shape index (κ2) is 5.02. The monoisotopic (exact) mass is 210 g/mol. The molecule has 0 heterocycles. The van der Waals surface area contributed by atoms with Gasteiger partial charge in [-0.3, -0.25) is 0 Å². The van der Waals surface area contributed by atoms with Crippen molar-refractivity contribution in [3.05, 3.63) is 30.3 Å². The quantitative estimate of drug-likeness (QED) is 0.401. The number of benzene rings is 1. The van der Waals surface area contributed by atoms with E-state index in [1.807, 2.05) is 6.07 Å². The van der Waals surface area contributed by atoms with Gasteiger partial charge >= 0.3 is 73.8 Å². The van der Waals surface area contributed by atoms with E-state index in [1.165, 1.54) is 4.46 Å². The van der Waals surface area contributed by atoms with Gasteiger partial charge in [-0.2, -0.15) is 0 Å². The van der Waals surface area contributed by atoms with Crippen LogP contribution in [0.1, 0.15) is 6.42 Å². The van der Waals surface area contributed by atoms with Crippen LogP contribution >= 0.6 is 0 Å². The van der Waals surface area contributed by atoms with Crippen molar-refractivity contribution in [1.82, 2.24) is 0 Å². The SMILES string of the molecule is C#CCC[Se]c1ccccc1. The third kappa shape index (κ3) is 3.28. The summed E-state index contributed by atoms with van der Waals surface area (Å²) < 4.78 is 1.44. The fourth-order valence-corrected chi connectivity index (χ4v) is 2.43. The molecule has 0 fully saturated rings. The van der Waals surface area contributed by atoms with Crippen molar-refractivity contribution in [2.75, 3.05) is 0 Å². The Morgan fingerprint density at radius 2 is 2.00 bits per heavy atom. The molecule has 0 bridgehead atoms. The van der Waals surface area contributed by atoms with Gasteiger partial charge < -0.3 is 0 Å². The predicted molar refractivity (Wildman–Crippen MR) is 50.1 cm³/mol. The van der Waals surface area contributed by atoms with Gasteiger partial charge in [-0.15, -0.1) is 0 Å². The summed E-state index contributed by atoms with van der Waals surface area (Å²) in [7, 11) is 0. The van der Waals surface area contributed by atoms with Crippen molar-refractivity contribution in [2.45, 2.75) is 11.7 Å². The van der Waals surface area contributed by atoms with Gasteiger partial charge in [0.05, 0.1) is 0 Å². The fourth-order valence-electron chi connectivity index (χ4n) is 0.745. The molecule has 0 aliphatic rings. The summed E-state index contributed by atoms with van der Waals surface area (Å²) in [6.07, 6.45) is 6.06. The van der Waals surface area contributed by atoms with Gasteiger partial charge in [0.2, 0.25) is 0 Å². The Kier molecular flexibility index (Phi) is 3.83. The summed E-state index contributed by atoms with van der Waals surface area (Å²) in [5, 5.41) is 1.16. The van der Waals surface area contributed by atoms with Crippen LogP contribution in [-0.4, -0.2) is 15.0 Å². The molecule has 1 aromatic rings. The Morgan fingerprint density at radius 3 is 2.64 bits per heavy atom. The maximum atomic E-state index is 5.15. The second-order valence-corrected chi connectivity index (χ2v) is 4.57. The molecular weight excluding hydrogens is 199 g/mol. The van der Waals surface area contributed by atoms with Crippen molar-refractivity contribution in [3.8, 4) is 12.3 Å². The molecule has 0 aliphatic heterocycles. The van der Waals surface area contributed by atoms with Crippen LogP contribution in [0.4, 0.5) is 0 Å². The minimum atomic E-state index is 0.577. The van der Waals surface area contributed by atoms with Crippen molar-refractivity contribution in [1.29, 1.82) is 0 Å². The molecule has 0 radical (unpaired) electrons. The summed E-state index contributed by atoms with van der Waals surface area (Å²) in [6.45, 7) is 0. The van der Waals surface area contributed by atoms with E-state index >= 15 is 0 Å². The first-order valence-electron chi connectivity index (χ1n) is 3.55. The molecule has 0 spiro atoms. The Morgan fingerprint density at radius 1 is 1.27 bits per heavy atom. The molecule has 0 saturated heterocycles. The summed E-state index contributed by atoms with van der Waals surface area (Å²) in [4.78, 5) is 0. The molecule has 0 unspecified atom stereocenters. The first-order valence-corrected chi connectivity index (χ1v) is 5.61. The summed E-state index contributed by atoms with van der Waals surface area (Å²) in [5.74, 6) is 2.65. The van der Waals surface area contributed by atoms with Gasteiger partial charge in [-0.05, 0) is 0 Å². The minimum absolute atomic E-state index is 0.577. The molecule has 0 nitrogen and oxygen atoms in total. The van der Waals surface area contributed by atoms with E-state index in [0.29, 0.717) is 15.0 Å². The van der Waals surface area contributed by atoms with Crippen molar-refractivity contribution in [3.63, 3.8) is 0 Å². The molecular formula is C10H10Se. The van der Waals surface area contributed by atoms with E-state index in [1.54, 1.807) is 0 Å². The van der Waals surface area contributed by atoms with Gasteiger partial charge in [-0.25, -0.2) is 0 Å². The first kappa shape index (κ1) is 8.40. The Balaban J connectivity index is 2.35. The molecule has 0 atom stereocenters. The molecule has 1 aromatic carbocycles. The topological polar surface area (TPSA) is 0 Å². The zero-order valence-corrected chi connectivity index (χ0v) is 8.00. The van der Waals surface area contributed by atoms with Crippen LogP contribution in [0.3, 0.4) is 0 Å². The summed E-state index contributed by atoms with van der Waals surface area (Å²) >= 11 is 0.577. The average molecular weight is 209 g/mol. The zero-order chi connectivity index (χ0) is 7.94. The van der Waals surface area contributed by atoms with Crippen LogP contribution in [-0.2, 0) is 0 Å². The van der Waals surface area contributed by atoms with Gasteiger partial charge in [0.15, 0.2) is 0 Å². The fraction of sp³-hybridized carbons (Fsp3) is 0.200. The number of terminal acetylenes is 1.